The average molecular weight is 482 g/mol. The molecule has 0 fully saturated rings. The normalized spacial score (nSPS) is 15.6. The number of carboxylic acids is 1. The predicted molar refractivity (Wildman–Crippen MR) is 118 cm³/mol. The molecule has 0 aromatic heterocycles. The summed E-state index contributed by atoms with van der Waals surface area (Å²) in [5.41, 5.74) is 10.9. The number of nitrogens with one attached hydrogen (secondary N) is 3. The molecule has 0 aliphatic rings. The first-order valence-corrected chi connectivity index (χ1v) is 11.4. The van der Waals surface area contributed by atoms with Crippen LogP contribution in [0.4, 0.5) is 0 Å². The van der Waals surface area contributed by atoms with Crippen LogP contribution in [0.25, 0.3) is 0 Å². The Morgan fingerprint density at radius 2 is 1.55 bits per heavy atom. The van der Waals surface area contributed by atoms with Crippen LogP contribution in [-0.2, 0) is 24.0 Å². The lowest BCUT2D eigenvalue weighted by molar-refractivity contribution is -0.145. The van der Waals surface area contributed by atoms with Gasteiger partial charge in [0.05, 0.1) is 12.1 Å². The lowest BCUT2D eigenvalue weighted by Gasteiger charge is -2.25. The van der Waals surface area contributed by atoms with E-state index in [0.717, 1.165) is 0 Å². The van der Waals surface area contributed by atoms with Gasteiger partial charge in [-0.1, -0.05) is 0 Å². The molecule has 5 atom stereocenters. The number of primary amides is 1. The van der Waals surface area contributed by atoms with Crippen LogP contribution < -0.4 is 27.4 Å². The van der Waals surface area contributed by atoms with Gasteiger partial charge in [0.25, 0.3) is 0 Å². The van der Waals surface area contributed by atoms with Crippen LogP contribution in [0.2, 0.25) is 0 Å². The van der Waals surface area contributed by atoms with Crippen molar-refractivity contribution in [3.63, 3.8) is 0 Å². The van der Waals surface area contributed by atoms with E-state index < -0.39 is 59.9 Å². The highest BCUT2D eigenvalue weighted by Gasteiger charge is 2.31. The largest absolute Gasteiger partial charge is 0.480 e. The van der Waals surface area contributed by atoms with E-state index in [4.69, 9.17) is 16.6 Å². The molecular weight excluding hydrogens is 450 g/mol. The second kappa shape index (κ2) is 14.9. The van der Waals surface area contributed by atoms with Crippen molar-refractivity contribution in [1.82, 2.24) is 16.0 Å². The van der Waals surface area contributed by atoms with Crippen molar-refractivity contribution in [2.24, 2.45) is 11.5 Å². The van der Waals surface area contributed by atoms with Gasteiger partial charge in [0.1, 0.15) is 12.1 Å². The monoisotopic (exact) mass is 481 g/mol. The molecule has 4 amide bonds. The molecule has 0 spiro atoms. The molecule has 0 aliphatic carbocycles. The number of thiol groups is 1. The topological polar surface area (TPSA) is 214 Å². The number of hydrogen-bond donors (Lipinski definition) is 8. The molecule has 0 aliphatic heterocycles. The molecule has 0 rings (SSSR count). The summed E-state index contributed by atoms with van der Waals surface area (Å²) >= 11 is 5.54. The van der Waals surface area contributed by atoms with Gasteiger partial charge < -0.3 is 37.6 Å². The number of carboxylic acid groups (broad SMARTS) is 1. The highest BCUT2D eigenvalue weighted by Crippen LogP contribution is 2.04. The van der Waals surface area contributed by atoms with Crippen molar-refractivity contribution < 1.29 is 34.2 Å². The van der Waals surface area contributed by atoms with Gasteiger partial charge in [0, 0.05) is 12.2 Å². The third-order valence-electron chi connectivity index (χ3n) is 4.14. The van der Waals surface area contributed by atoms with Gasteiger partial charge in [-0.3, -0.25) is 19.2 Å². The number of carbonyl (C=O) groups is 5. The highest BCUT2D eigenvalue weighted by atomic mass is 32.2. The van der Waals surface area contributed by atoms with E-state index in [2.05, 4.69) is 28.6 Å². The lowest BCUT2D eigenvalue weighted by atomic mass is 10.1. The fourth-order valence-electron chi connectivity index (χ4n) is 2.32. The number of aliphatic hydroxyl groups is 1. The van der Waals surface area contributed by atoms with Gasteiger partial charge in [-0.25, -0.2) is 4.79 Å². The second-order valence-corrected chi connectivity index (χ2v) is 8.11. The Morgan fingerprint density at radius 3 is 2.00 bits per heavy atom. The second-order valence-electron chi connectivity index (χ2n) is 6.76. The number of aliphatic carboxylic acids is 1. The van der Waals surface area contributed by atoms with Crippen LogP contribution in [0.1, 0.15) is 26.2 Å². The van der Waals surface area contributed by atoms with Gasteiger partial charge in [-0.15, -0.1) is 0 Å². The first kappa shape index (κ1) is 29.0. The van der Waals surface area contributed by atoms with E-state index in [1.165, 1.54) is 18.7 Å². The van der Waals surface area contributed by atoms with Gasteiger partial charge in [-0.05, 0) is 31.8 Å². The SMILES string of the molecule is CSCCC(N)C(=O)NC(CS)C(=O)NC(CCC(N)=O)C(=O)NC(C(=O)O)C(C)O. The maximum absolute atomic E-state index is 12.6. The maximum atomic E-state index is 12.6. The Bertz CT molecular complexity index is 650. The summed E-state index contributed by atoms with van der Waals surface area (Å²) in [6, 6.07) is -4.94. The number of thioether (sulfide) groups is 1. The molecule has 31 heavy (non-hydrogen) atoms. The minimum absolute atomic E-state index is 0.109. The van der Waals surface area contributed by atoms with Crippen molar-refractivity contribution in [2.75, 3.05) is 17.8 Å². The zero-order valence-electron chi connectivity index (χ0n) is 17.4. The summed E-state index contributed by atoms with van der Waals surface area (Å²) < 4.78 is 0. The molecule has 0 radical (unpaired) electrons. The number of rotatable bonds is 15. The molecule has 178 valence electrons. The van der Waals surface area contributed by atoms with Gasteiger partial charge >= 0.3 is 5.97 Å². The summed E-state index contributed by atoms with van der Waals surface area (Å²) in [5, 5.41) is 25.5. The van der Waals surface area contributed by atoms with Crippen LogP contribution in [0, 0.1) is 0 Å². The molecule has 0 aromatic carbocycles. The van der Waals surface area contributed by atoms with Crippen LogP contribution >= 0.6 is 24.4 Å². The quantitative estimate of drug-likeness (QED) is 0.113. The van der Waals surface area contributed by atoms with E-state index in [-0.39, 0.29) is 18.6 Å². The molecule has 14 heteroatoms. The van der Waals surface area contributed by atoms with Crippen LogP contribution in [-0.4, -0.2) is 87.8 Å². The molecule has 0 bridgehead atoms. The Labute approximate surface area is 190 Å². The third-order valence-corrected chi connectivity index (χ3v) is 5.15. The van der Waals surface area contributed by atoms with Crippen molar-refractivity contribution >= 4 is 54.0 Å². The van der Waals surface area contributed by atoms with Gasteiger partial charge in [-0.2, -0.15) is 24.4 Å². The molecule has 0 heterocycles. The van der Waals surface area contributed by atoms with Crippen molar-refractivity contribution in [3.05, 3.63) is 0 Å². The van der Waals surface area contributed by atoms with Crippen LogP contribution in [0.5, 0.6) is 0 Å². The standard InChI is InChI=1S/C17H31N5O7S2/c1-8(23)13(17(28)29)22-15(26)10(3-4-12(19)24)20-16(27)11(7-30)21-14(25)9(18)5-6-31-2/h8-11,13,23,30H,3-7,18H2,1-2H3,(H2,19,24)(H,20,27)(H,21,25)(H,22,26)(H,28,29). The maximum Gasteiger partial charge on any atom is 0.328 e. The summed E-state index contributed by atoms with van der Waals surface area (Å²) in [6.45, 7) is 1.17. The molecule has 12 nitrogen and oxygen atoms in total. The predicted octanol–water partition coefficient (Wildman–Crippen LogP) is -2.82. The minimum Gasteiger partial charge on any atom is -0.480 e. The Morgan fingerprint density at radius 1 is 1.00 bits per heavy atom. The highest BCUT2D eigenvalue weighted by molar-refractivity contribution is 7.98. The van der Waals surface area contributed by atoms with Crippen LogP contribution in [0.15, 0.2) is 0 Å². The minimum atomic E-state index is -1.63. The Kier molecular flexibility index (Phi) is 13.9. The summed E-state index contributed by atoms with van der Waals surface area (Å²) in [6.07, 6.45) is 0.342. The first-order chi connectivity index (χ1) is 14.4. The molecule has 9 N–H and O–H groups in total. The Hall–Kier alpha value is -2.03. The fraction of sp³-hybridized carbons (Fsp3) is 0.706. The lowest BCUT2D eigenvalue weighted by Crippen LogP contribution is -2.58. The number of aliphatic hydroxyl groups excluding tert-OH is 1. The zero-order chi connectivity index (χ0) is 24.1. The average Bonchev–Trinajstić information content (AvgIpc) is 2.69. The number of amides is 4. The van der Waals surface area contributed by atoms with E-state index in [0.29, 0.717) is 12.2 Å². The smallest absolute Gasteiger partial charge is 0.328 e. The van der Waals surface area contributed by atoms with Gasteiger partial charge in [0.15, 0.2) is 6.04 Å². The number of nitrogens with two attached hydrogens (primary N) is 2. The molecule has 0 aromatic rings. The van der Waals surface area contributed by atoms with Crippen molar-refractivity contribution in [1.29, 1.82) is 0 Å². The van der Waals surface area contributed by atoms with E-state index >= 15 is 0 Å². The first-order valence-electron chi connectivity index (χ1n) is 9.40. The zero-order valence-corrected chi connectivity index (χ0v) is 19.1. The van der Waals surface area contributed by atoms with Crippen LogP contribution in [0.3, 0.4) is 0 Å². The Balaban J connectivity index is 5.27. The summed E-state index contributed by atoms with van der Waals surface area (Å²) in [7, 11) is 0. The summed E-state index contributed by atoms with van der Waals surface area (Å²) in [4.78, 5) is 59.5. The van der Waals surface area contributed by atoms with Crippen molar-refractivity contribution in [2.45, 2.75) is 56.5 Å². The number of carbonyl (C=O) groups excluding carboxylic acids is 4. The molecule has 0 saturated carbocycles. The third kappa shape index (κ3) is 11.2. The summed E-state index contributed by atoms with van der Waals surface area (Å²) in [5.74, 6) is -3.98. The van der Waals surface area contributed by atoms with E-state index in [1.54, 1.807) is 0 Å². The number of hydrogen-bond acceptors (Lipinski definition) is 9. The fourth-order valence-corrected chi connectivity index (χ4v) is 3.07. The molecule has 5 unspecified atom stereocenters. The van der Waals surface area contributed by atoms with Gasteiger partial charge in [0.2, 0.25) is 23.6 Å². The molecular formula is C17H31N5O7S2. The van der Waals surface area contributed by atoms with E-state index in [1.807, 2.05) is 6.26 Å². The van der Waals surface area contributed by atoms with Crippen molar-refractivity contribution in [3.8, 4) is 0 Å². The molecule has 0 saturated heterocycles. The van der Waals surface area contributed by atoms with E-state index in [9.17, 15) is 29.1 Å².